The van der Waals surface area contributed by atoms with Gasteiger partial charge >= 0.3 is 0 Å². The van der Waals surface area contributed by atoms with E-state index in [4.69, 9.17) is 10.2 Å². The predicted molar refractivity (Wildman–Crippen MR) is 50.1 cm³/mol. The van der Waals surface area contributed by atoms with E-state index in [0.29, 0.717) is 0 Å². The van der Waals surface area contributed by atoms with E-state index < -0.39 is 0 Å². The normalized spacial score (nSPS) is 21.8. The van der Waals surface area contributed by atoms with E-state index in [2.05, 4.69) is 4.90 Å². The van der Waals surface area contributed by atoms with Gasteiger partial charge < -0.3 is 15.1 Å². The zero-order chi connectivity index (χ0) is 9.61. The molecule has 1 aliphatic heterocycles. The number of rotatable bonds is 2. The second-order valence-electron chi connectivity index (χ2n) is 3.30. The van der Waals surface area contributed by atoms with Crippen LogP contribution in [0.15, 0.2) is 0 Å². The van der Waals surface area contributed by atoms with Gasteiger partial charge in [-0.3, -0.25) is 0 Å². The molecule has 74 valence electrons. The second kappa shape index (κ2) is 5.51. The maximum absolute atomic E-state index is 8.95. The van der Waals surface area contributed by atoms with Crippen LogP contribution in [0, 0.1) is 5.41 Å². The lowest BCUT2D eigenvalue weighted by molar-refractivity contribution is 0.0636. The van der Waals surface area contributed by atoms with Gasteiger partial charge in [0.05, 0.1) is 13.2 Å². The van der Waals surface area contributed by atoms with Crippen molar-refractivity contribution in [2.45, 2.75) is 20.3 Å². The summed E-state index contributed by atoms with van der Waals surface area (Å²) in [6.45, 7) is 6.02. The van der Waals surface area contributed by atoms with E-state index in [1.807, 2.05) is 20.9 Å². The lowest BCUT2D eigenvalue weighted by Gasteiger charge is -2.22. The average Bonchev–Trinajstić information content (AvgIpc) is 2.52. The largest absolute Gasteiger partial charge is 0.396 e. The van der Waals surface area contributed by atoms with Crippen LogP contribution >= 0.6 is 0 Å². The summed E-state index contributed by atoms with van der Waals surface area (Å²) < 4.78 is 0. The van der Waals surface area contributed by atoms with Gasteiger partial charge in [-0.05, 0) is 20.0 Å². The highest BCUT2D eigenvalue weighted by molar-refractivity contribution is 4.87. The van der Waals surface area contributed by atoms with E-state index >= 15 is 0 Å². The monoisotopic (exact) mass is 175 g/mol. The lowest BCUT2D eigenvalue weighted by Crippen LogP contribution is -2.32. The molecule has 0 aromatic carbocycles. The summed E-state index contributed by atoms with van der Waals surface area (Å²) in [5.74, 6) is 0. The molecule has 0 radical (unpaired) electrons. The molecule has 1 heterocycles. The van der Waals surface area contributed by atoms with Crippen molar-refractivity contribution < 1.29 is 10.2 Å². The van der Waals surface area contributed by atoms with E-state index in [1.54, 1.807) is 0 Å². The summed E-state index contributed by atoms with van der Waals surface area (Å²) in [6.07, 6.45) is 0.913. The molecule has 3 nitrogen and oxygen atoms in total. The van der Waals surface area contributed by atoms with Gasteiger partial charge in [0.1, 0.15) is 0 Å². The van der Waals surface area contributed by atoms with Crippen molar-refractivity contribution in [3.63, 3.8) is 0 Å². The van der Waals surface area contributed by atoms with Crippen molar-refractivity contribution in [2.75, 3.05) is 33.4 Å². The van der Waals surface area contributed by atoms with Gasteiger partial charge in [0.2, 0.25) is 0 Å². The molecule has 0 spiro atoms. The molecule has 0 atom stereocenters. The number of likely N-dealkylation sites (tertiary alicyclic amines) is 1. The molecular formula is C9H21NO2. The molecule has 1 fully saturated rings. The van der Waals surface area contributed by atoms with Gasteiger partial charge in [0.25, 0.3) is 0 Å². The van der Waals surface area contributed by atoms with Crippen LogP contribution < -0.4 is 0 Å². The number of aliphatic hydroxyl groups is 2. The molecular weight excluding hydrogens is 154 g/mol. The fourth-order valence-electron chi connectivity index (χ4n) is 1.47. The highest BCUT2D eigenvalue weighted by Gasteiger charge is 2.35. The van der Waals surface area contributed by atoms with Crippen LogP contribution in [0.5, 0.6) is 0 Å². The topological polar surface area (TPSA) is 43.7 Å². The minimum atomic E-state index is -0.214. The summed E-state index contributed by atoms with van der Waals surface area (Å²) in [4.78, 5) is 2.13. The third-order valence-electron chi connectivity index (χ3n) is 2.30. The SMILES string of the molecule is CC.CN1CCC(CO)(CO)C1. The van der Waals surface area contributed by atoms with Gasteiger partial charge in [-0.15, -0.1) is 0 Å². The number of hydrogen-bond acceptors (Lipinski definition) is 3. The van der Waals surface area contributed by atoms with Crippen molar-refractivity contribution in [1.29, 1.82) is 0 Å². The Morgan fingerprint density at radius 3 is 1.92 bits per heavy atom. The van der Waals surface area contributed by atoms with Crippen molar-refractivity contribution >= 4 is 0 Å². The van der Waals surface area contributed by atoms with Crippen molar-refractivity contribution in [2.24, 2.45) is 5.41 Å². The molecule has 0 aromatic heterocycles. The molecule has 0 bridgehead atoms. The molecule has 1 saturated heterocycles. The first-order valence-corrected chi connectivity index (χ1v) is 4.63. The van der Waals surface area contributed by atoms with Gasteiger partial charge in [-0.2, -0.15) is 0 Å². The van der Waals surface area contributed by atoms with Gasteiger partial charge in [-0.25, -0.2) is 0 Å². The first kappa shape index (κ1) is 11.9. The van der Waals surface area contributed by atoms with E-state index in [1.165, 1.54) is 0 Å². The Morgan fingerprint density at radius 1 is 1.25 bits per heavy atom. The molecule has 0 amide bonds. The molecule has 2 N–H and O–H groups in total. The number of nitrogens with zero attached hydrogens (tertiary/aromatic N) is 1. The number of aliphatic hydroxyl groups excluding tert-OH is 2. The minimum absolute atomic E-state index is 0.105. The molecule has 0 saturated carbocycles. The van der Waals surface area contributed by atoms with Crippen LogP contribution in [-0.4, -0.2) is 48.5 Å². The summed E-state index contributed by atoms with van der Waals surface area (Å²) >= 11 is 0. The van der Waals surface area contributed by atoms with Crippen molar-refractivity contribution in [1.82, 2.24) is 4.90 Å². The van der Waals surface area contributed by atoms with Crippen LogP contribution in [0.1, 0.15) is 20.3 Å². The predicted octanol–water partition coefficient (Wildman–Crippen LogP) is 0.319. The average molecular weight is 175 g/mol. The second-order valence-corrected chi connectivity index (χ2v) is 3.30. The zero-order valence-corrected chi connectivity index (χ0v) is 8.38. The van der Waals surface area contributed by atoms with Crippen LogP contribution in [0.2, 0.25) is 0 Å². The van der Waals surface area contributed by atoms with Crippen LogP contribution in [-0.2, 0) is 0 Å². The Morgan fingerprint density at radius 2 is 1.75 bits per heavy atom. The lowest BCUT2D eigenvalue weighted by atomic mass is 9.90. The maximum atomic E-state index is 8.95. The Balaban J connectivity index is 0.000000561. The molecule has 3 heteroatoms. The summed E-state index contributed by atoms with van der Waals surface area (Å²) in [7, 11) is 2.01. The molecule has 1 aliphatic rings. The number of hydrogen-bond donors (Lipinski definition) is 2. The zero-order valence-electron chi connectivity index (χ0n) is 8.38. The fraction of sp³-hybridized carbons (Fsp3) is 1.00. The Kier molecular flexibility index (Phi) is 5.46. The van der Waals surface area contributed by atoms with Crippen molar-refractivity contribution in [3.8, 4) is 0 Å². The minimum Gasteiger partial charge on any atom is -0.396 e. The third kappa shape index (κ3) is 2.73. The molecule has 1 rings (SSSR count). The Labute approximate surface area is 75.0 Å². The molecule has 0 unspecified atom stereocenters. The van der Waals surface area contributed by atoms with E-state index in [-0.39, 0.29) is 18.6 Å². The van der Waals surface area contributed by atoms with Gasteiger partial charge in [0.15, 0.2) is 0 Å². The van der Waals surface area contributed by atoms with Gasteiger partial charge in [-0.1, -0.05) is 13.8 Å². The standard InChI is InChI=1S/C7H15NO2.C2H6/c1-8-3-2-7(4-8,5-9)6-10;1-2/h9-10H,2-6H2,1H3;1-2H3. The highest BCUT2D eigenvalue weighted by Crippen LogP contribution is 2.27. The quantitative estimate of drug-likeness (QED) is 0.635. The fourth-order valence-corrected chi connectivity index (χ4v) is 1.47. The van der Waals surface area contributed by atoms with Crippen LogP contribution in [0.25, 0.3) is 0 Å². The Hall–Kier alpha value is -0.120. The van der Waals surface area contributed by atoms with E-state index in [9.17, 15) is 0 Å². The van der Waals surface area contributed by atoms with E-state index in [0.717, 1.165) is 19.5 Å². The van der Waals surface area contributed by atoms with Gasteiger partial charge in [0, 0.05) is 12.0 Å². The highest BCUT2D eigenvalue weighted by atomic mass is 16.3. The molecule has 0 aliphatic carbocycles. The van der Waals surface area contributed by atoms with Crippen LogP contribution in [0.4, 0.5) is 0 Å². The summed E-state index contributed by atoms with van der Waals surface area (Å²) in [5, 5.41) is 17.9. The van der Waals surface area contributed by atoms with Crippen LogP contribution in [0.3, 0.4) is 0 Å². The summed E-state index contributed by atoms with van der Waals surface area (Å²) in [5.41, 5.74) is -0.214. The van der Waals surface area contributed by atoms with Crippen molar-refractivity contribution in [3.05, 3.63) is 0 Å². The first-order valence-electron chi connectivity index (χ1n) is 4.63. The molecule has 12 heavy (non-hydrogen) atoms. The molecule has 0 aromatic rings. The summed E-state index contributed by atoms with van der Waals surface area (Å²) in [6, 6.07) is 0. The smallest absolute Gasteiger partial charge is 0.0522 e. The first-order chi connectivity index (χ1) is 5.72. The maximum Gasteiger partial charge on any atom is 0.0522 e. The Bertz CT molecular complexity index is 113. The third-order valence-corrected chi connectivity index (χ3v) is 2.30.